The summed E-state index contributed by atoms with van der Waals surface area (Å²) in [5, 5.41) is 0. The van der Waals surface area contributed by atoms with Crippen molar-refractivity contribution in [3.05, 3.63) is 51.1 Å². The molecule has 1 aliphatic carbocycles. The van der Waals surface area contributed by atoms with E-state index in [1.165, 1.54) is 31.7 Å². The van der Waals surface area contributed by atoms with Gasteiger partial charge in [0.1, 0.15) is 0 Å². The molecule has 0 heterocycles. The fourth-order valence-corrected chi connectivity index (χ4v) is 3.99. The molecule has 2 rings (SSSR count). The van der Waals surface area contributed by atoms with Crippen LogP contribution in [-0.2, 0) is 40.6 Å². The minimum atomic E-state index is -0.921. The summed E-state index contributed by atoms with van der Waals surface area (Å²) in [7, 11) is -0.921. The molecule has 0 amide bonds. The Balaban J connectivity index is -0.000000562. The smallest absolute Gasteiger partial charge is 0.358 e. The topological polar surface area (TPSA) is 0 Å². The van der Waals surface area contributed by atoms with Crippen LogP contribution in [-0.4, -0.2) is 8.07 Å². The maximum atomic E-state index is 2.47. The summed E-state index contributed by atoms with van der Waals surface area (Å²) >= 11 is 0. The summed E-state index contributed by atoms with van der Waals surface area (Å²) in [4.78, 5) is 0. The molecule has 0 saturated carbocycles. The van der Waals surface area contributed by atoms with Crippen molar-refractivity contribution in [1.29, 1.82) is 0 Å². The van der Waals surface area contributed by atoms with Gasteiger partial charge in [0, 0.05) is 8.07 Å². The number of aryl methyl sites for hydroxylation is 1. The van der Waals surface area contributed by atoms with Gasteiger partial charge in [-0.05, 0) is 0 Å². The van der Waals surface area contributed by atoms with Crippen LogP contribution in [0.4, 0.5) is 0 Å². The van der Waals surface area contributed by atoms with Crippen LogP contribution < -0.4 is 0 Å². The molecule has 0 fully saturated rings. The summed E-state index contributed by atoms with van der Waals surface area (Å²) in [6, 6.07) is 6.15. The van der Waals surface area contributed by atoms with E-state index in [4.69, 9.17) is 0 Å². The third-order valence-electron chi connectivity index (χ3n) is 3.10. The van der Waals surface area contributed by atoms with Crippen LogP contribution >= 0.6 is 0 Å². The van der Waals surface area contributed by atoms with Crippen LogP contribution in [0, 0.1) is 22.3 Å². The summed E-state index contributed by atoms with van der Waals surface area (Å²) in [6.45, 7) is 7.40. The minimum absolute atomic E-state index is 0. The van der Waals surface area contributed by atoms with Crippen molar-refractivity contribution in [1.82, 2.24) is 0 Å². The van der Waals surface area contributed by atoms with E-state index in [0.29, 0.717) is 0 Å². The minimum Gasteiger partial charge on any atom is -0.358 e. The second kappa shape index (κ2) is 9.23. The summed E-state index contributed by atoms with van der Waals surface area (Å²) in [6.07, 6.45) is 5.50. The van der Waals surface area contributed by atoms with Gasteiger partial charge < -0.3 is 22.3 Å². The Kier molecular flexibility index (Phi) is 12.0. The number of hydrogen-bond acceptors (Lipinski definition) is 0. The first kappa shape index (κ1) is 23.4. The molecular formula is C16H30SiTi. The molecule has 0 unspecified atom stereocenters. The molecular weight excluding hydrogens is 268 g/mol. The fraction of sp³-hybridized carbons (Fsp3) is 0.500. The third kappa shape index (κ3) is 5.95. The normalized spacial score (nSPS) is 13.1. The molecule has 0 spiro atoms. The molecule has 2 heteroatoms. The molecule has 0 radical (unpaired) electrons. The van der Waals surface area contributed by atoms with Crippen LogP contribution in [0.2, 0.25) is 19.6 Å². The van der Waals surface area contributed by atoms with Crippen LogP contribution in [0.25, 0.3) is 0 Å². The molecule has 1 aromatic carbocycles. The molecule has 0 nitrogen and oxygen atoms in total. The van der Waals surface area contributed by atoms with E-state index in [1.807, 2.05) is 0 Å². The third-order valence-corrected chi connectivity index (χ3v) is 4.55. The zero-order valence-electron chi connectivity index (χ0n) is 13.2. The Morgan fingerprint density at radius 3 is 2.17 bits per heavy atom. The van der Waals surface area contributed by atoms with Crippen LogP contribution in [0.3, 0.4) is 0 Å². The van der Waals surface area contributed by atoms with Gasteiger partial charge in [-0.2, -0.15) is 22.8 Å². The van der Waals surface area contributed by atoms with Crippen molar-refractivity contribution in [3.63, 3.8) is 0 Å². The Morgan fingerprint density at radius 1 is 1.06 bits per heavy atom. The van der Waals surface area contributed by atoms with E-state index in [1.54, 1.807) is 16.7 Å². The van der Waals surface area contributed by atoms with Gasteiger partial charge in [0.05, 0.1) is 0 Å². The predicted octanol–water partition coefficient (Wildman–Crippen LogP) is 5.05. The second-order valence-electron chi connectivity index (χ2n) is 5.81. The van der Waals surface area contributed by atoms with Crippen molar-refractivity contribution >= 4 is 8.07 Å². The number of hydrogen-bond donors (Lipinski definition) is 0. The molecule has 0 bridgehead atoms. The average Bonchev–Trinajstić information content (AvgIpc) is 2.47. The Bertz CT molecular complexity index is 320. The molecule has 102 valence electrons. The Hall–Kier alpha value is 0.281. The van der Waals surface area contributed by atoms with E-state index in [2.05, 4.69) is 31.8 Å². The molecule has 0 saturated heterocycles. The van der Waals surface area contributed by atoms with Gasteiger partial charge >= 0.3 is 21.7 Å². The van der Waals surface area contributed by atoms with Gasteiger partial charge in [0.25, 0.3) is 0 Å². The summed E-state index contributed by atoms with van der Waals surface area (Å²) in [5.74, 6) is 0. The molecule has 0 aromatic heterocycles. The fourth-order valence-electron chi connectivity index (χ4n) is 2.52. The molecule has 1 aliphatic rings. The van der Waals surface area contributed by atoms with E-state index in [9.17, 15) is 0 Å². The molecule has 1 aromatic rings. The predicted molar refractivity (Wildman–Crippen MR) is 85.0 cm³/mol. The van der Waals surface area contributed by atoms with Crippen LogP contribution in [0.5, 0.6) is 0 Å². The second-order valence-corrected chi connectivity index (χ2v) is 11.3. The first-order valence-electron chi connectivity index (χ1n) is 5.82. The van der Waals surface area contributed by atoms with E-state index in [-0.39, 0.29) is 44.0 Å². The Labute approximate surface area is 132 Å². The van der Waals surface area contributed by atoms with Gasteiger partial charge in [-0.25, -0.2) is 6.07 Å². The summed E-state index contributed by atoms with van der Waals surface area (Å²) in [5.41, 5.74) is 5.06. The van der Waals surface area contributed by atoms with Crippen molar-refractivity contribution in [2.45, 2.75) is 51.4 Å². The molecule has 0 N–H and O–H groups in total. The maximum absolute atomic E-state index is 2.47. The molecule has 18 heavy (non-hydrogen) atoms. The van der Waals surface area contributed by atoms with Gasteiger partial charge in [-0.1, -0.05) is 51.4 Å². The SMILES string of the molecule is C[Si](C)(C)C[c-]1ccc2c1CCCC2.[CH3-].[CH3-].[CH3-].[Ti+4]. The number of rotatable bonds is 2. The van der Waals surface area contributed by atoms with Gasteiger partial charge in [0.15, 0.2) is 0 Å². The molecule has 0 aliphatic heterocycles. The van der Waals surface area contributed by atoms with Gasteiger partial charge in [-0.15, -0.1) is 0 Å². The maximum Gasteiger partial charge on any atom is 4.00 e. The quantitative estimate of drug-likeness (QED) is 0.529. The van der Waals surface area contributed by atoms with Gasteiger partial charge in [-0.3, -0.25) is 0 Å². The van der Waals surface area contributed by atoms with E-state index in [0.717, 1.165) is 0 Å². The monoisotopic (exact) mass is 298 g/mol. The standard InChI is InChI=1S/C13H21Si.3CH3.Ti/c1-14(2,3)10-12-9-8-11-6-4-5-7-13(11)12;;;;/h8-9H,4-7,10H2,1-3H3;3*1H3;/q4*-1;+4. The van der Waals surface area contributed by atoms with Gasteiger partial charge in [0.2, 0.25) is 0 Å². The molecule has 0 atom stereocenters. The summed E-state index contributed by atoms with van der Waals surface area (Å²) < 4.78 is 0. The van der Waals surface area contributed by atoms with E-state index >= 15 is 0 Å². The zero-order chi connectivity index (χ0) is 10.2. The van der Waals surface area contributed by atoms with Crippen molar-refractivity contribution in [3.8, 4) is 0 Å². The largest absolute Gasteiger partial charge is 4.00 e. The van der Waals surface area contributed by atoms with Crippen LogP contribution in [0.1, 0.15) is 29.5 Å². The first-order valence-corrected chi connectivity index (χ1v) is 9.53. The number of fused-ring (bicyclic) bond motifs is 1. The average molecular weight is 298 g/mol. The first-order chi connectivity index (χ1) is 6.56. The van der Waals surface area contributed by atoms with Crippen molar-refractivity contribution in [2.75, 3.05) is 0 Å². The van der Waals surface area contributed by atoms with Crippen LogP contribution in [0.15, 0.2) is 12.1 Å². The van der Waals surface area contributed by atoms with Crippen molar-refractivity contribution in [2.24, 2.45) is 0 Å². The van der Waals surface area contributed by atoms with Crippen molar-refractivity contribution < 1.29 is 21.7 Å². The zero-order valence-corrected chi connectivity index (χ0v) is 15.8. The van der Waals surface area contributed by atoms with E-state index < -0.39 is 8.07 Å². The Morgan fingerprint density at radius 2 is 1.61 bits per heavy atom.